The van der Waals surface area contributed by atoms with Crippen LogP contribution in [0.15, 0.2) is 18.2 Å². The second-order valence-electron chi connectivity index (χ2n) is 6.29. The Morgan fingerprint density at radius 1 is 1.29 bits per heavy atom. The maximum Gasteiger partial charge on any atom is 0.252 e. The first kappa shape index (κ1) is 14.3. The maximum absolute atomic E-state index is 12.4. The number of rotatable bonds is 2. The van der Waals surface area contributed by atoms with Gasteiger partial charge in [0.15, 0.2) is 0 Å². The maximum atomic E-state index is 12.4. The van der Waals surface area contributed by atoms with Gasteiger partial charge < -0.3 is 10.1 Å². The van der Waals surface area contributed by atoms with Crippen molar-refractivity contribution in [1.29, 1.82) is 0 Å². The number of amides is 1. The Balaban J connectivity index is 1.91. The highest BCUT2D eigenvalue weighted by Gasteiger charge is 2.41. The molecule has 1 spiro atoms. The Morgan fingerprint density at radius 2 is 2.00 bits per heavy atom. The fraction of sp³-hybridized carbons (Fsp3) is 0.500. The fourth-order valence-corrected chi connectivity index (χ4v) is 3.37. The van der Waals surface area contributed by atoms with E-state index >= 15 is 0 Å². The second kappa shape index (κ2) is 5.30. The molecule has 1 N–H and O–H groups in total. The van der Waals surface area contributed by atoms with E-state index in [1.54, 1.807) is 7.11 Å². The van der Waals surface area contributed by atoms with Gasteiger partial charge in [0, 0.05) is 7.11 Å². The van der Waals surface area contributed by atoms with Crippen LogP contribution in [0.4, 0.5) is 0 Å². The van der Waals surface area contributed by atoms with Gasteiger partial charge in [0.1, 0.15) is 0 Å². The number of aryl methyl sites for hydroxylation is 2. The van der Waals surface area contributed by atoms with Crippen LogP contribution in [0.5, 0.6) is 0 Å². The summed E-state index contributed by atoms with van der Waals surface area (Å²) in [4.78, 5) is 12.4. The van der Waals surface area contributed by atoms with Crippen LogP contribution in [0.25, 0.3) is 5.57 Å². The van der Waals surface area contributed by atoms with Gasteiger partial charge in [-0.05, 0) is 56.7 Å². The summed E-state index contributed by atoms with van der Waals surface area (Å²) in [5, 5.41) is 3.17. The van der Waals surface area contributed by atoms with E-state index in [0.29, 0.717) is 11.7 Å². The lowest BCUT2D eigenvalue weighted by atomic mass is 9.80. The molecule has 0 bridgehead atoms. The van der Waals surface area contributed by atoms with Gasteiger partial charge in [0.05, 0.1) is 17.2 Å². The molecule has 1 radical (unpaired) electrons. The quantitative estimate of drug-likeness (QED) is 0.906. The van der Waals surface area contributed by atoms with Crippen molar-refractivity contribution in [2.75, 3.05) is 7.11 Å². The normalized spacial score (nSPS) is 28.6. The van der Waals surface area contributed by atoms with Gasteiger partial charge in [0.25, 0.3) is 5.91 Å². The SMILES string of the molecule is COC1CCC2([C]=C(c3cc(C)ccc3C)C(=O)N2)CC1. The minimum absolute atomic E-state index is 0.0135. The first-order valence-electron chi connectivity index (χ1n) is 7.61. The van der Waals surface area contributed by atoms with E-state index in [0.717, 1.165) is 36.8 Å². The monoisotopic (exact) mass is 284 g/mol. The lowest BCUT2D eigenvalue weighted by Crippen LogP contribution is -2.46. The summed E-state index contributed by atoms with van der Waals surface area (Å²) in [7, 11) is 1.76. The molecular weight excluding hydrogens is 262 g/mol. The molecule has 1 heterocycles. The van der Waals surface area contributed by atoms with E-state index in [1.165, 1.54) is 5.56 Å². The van der Waals surface area contributed by atoms with Crippen molar-refractivity contribution in [3.63, 3.8) is 0 Å². The van der Waals surface area contributed by atoms with Crippen LogP contribution in [0.2, 0.25) is 0 Å². The average Bonchev–Trinajstić information content (AvgIpc) is 2.79. The Morgan fingerprint density at radius 3 is 2.67 bits per heavy atom. The van der Waals surface area contributed by atoms with Crippen molar-refractivity contribution in [3.8, 4) is 0 Å². The molecule has 2 aliphatic rings. The third kappa shape index (κ3) is 2.62. The Hall–Kier alpha value is -1.61. The zero-order chi connectivity index (χ0) is 15.0. The molecule has 3 nitrogen and oxygen atoms in total. The minimum atomic E-state index is -0.280. The number of nitrogens with one attached hydrogen (secondary N) is 1. The predicted molar refractivity (Wildman–Crippen MR) is 82.7 cm³/mol. The van der Waals surface area contributed by atoms with Gasteiger partial charge in [-0.1, -0.05) is 23.8 Å². The van der Waals surface area contributed by atoms with Gasteiger partial charge in [-0.3, -0.25) is 4.79 Å². The largest absolute Gasteiger partial charge is 0.381 e. The zero-order valence-electron chi connectivity index (χ0n) is 13.0. The molecule has 1 aliphatic carbocycles. The van der Waals surface area contributed by atoms with Crippen LogP contribution in [0.1, 0.15) is 42.4 Å². The van der Waals surface area contributed by atoms with Crippen molar-refractivity contribution in [3.05, 3.63) is 41.0 Å². The lowest BCUT2D eigenvalue weighted by molar-refractivity contribution is -0.116. The third-order valence-electron chi connectivity index (χ3n) is 4.73. The van der Waals surface area contributed by atoms with Gasteiger partial charge in [0.2, 0.25) is 0 Å². The second-order valence-corrected chi connectivity index (χ2v) is 6.29. The smallest absolute Gasteiger partial charge is 0.252 e. The summed E-state index contributed by atoms with van der Waals surface area (Å²) in [6.07, 6.45) is 7.57. The number of hydrogen-bond donors (Lipinski definition) is 1. The number of benzene rings is 1. The molecule has 0 saturated heterocycles. The van der Waals surface area contributed by atoms with Crippen LogP contribution in [0, 0.1) is 19.9 Å². The van der Waals surface area contributed by atoms with Crippen LogP contribution < -0.4 is 5.32 Å². The van der Waals surface area contributed by atoms with E-state index in [-0.39, 0.29) is 11.4 Å². The van der Waals surface area contributed by atoms with Gasteiger partial charge in [-0.2, -0.15) is 0 Å². The van der Waals surface area contributed by atoms with Crippen molar-refractivity contribution in [1.82, 2.24) is 5.32 Å². The first-order chi connectivity index (χ1) is 10.0. The van der Waals surface area contributed by atoms with Crippen molar-refractivity contribution >= 4 is 11.5 Å². The molecule has 0 aromatic heterocycles. The van der Waals surface area contributed by atoms with Crippen LogP contribution in [0.3, 0.4) is 0 Å². The van der Waals surface area contributed by atoms with Crippen LogP contribution >= 0.6 is 0 Å². The number of hydrogen-bond acceptors (Lipinski definition) is 2. The molecule has 1 saturated carbocycles. The summed E-state index contributed by atoms with van der Waals surface area (Å²) >= 11 is 0. The topological polar surface area (TPSA) is 38.3 Å². The molecule has 0 unspecified atom stereocenters. The van der Waals surface area contributed by atoms with Crippen LogP contribution in [-0.4, -0.2) is 24.7 Å². The van der Waals surface area contributed by atoms with E-state index in [4.69, 9.17) is 4.74 Å². The number of carbonyl (C=O) groups is 1. The van der Waals surface area contributed by atoms with E-state index < -0.39 is 0 Å². The molecular formula is C18H22NO2. The highest BCUT2D eigenvalue weighted by Crippen LogP contribution is 2.37. The molecule has 21 heavy (non-hydrogen) atoms. The molecule has 1 amide bonds. The van der Waals surface area contributed by atoms with Crippen molar-refractivity contribution in [2.45, 2.75) is 51.2 Å². The number of methoxy groups -OCH3 is 1. The molecule has 1 aromatic carbocycles. The highest BCUT2D eigenvalue weighted by atomic mass is 16.5. The molecule has 3 heteroatoms. The standard InChI is InChI=1S/C18H22NO2/c1-12-4-5-13(2)15(10-12)16-11-18(19-17(16)20)8-6-14(21-3)7-9-18/h4-5,10,14H,6-9H2,1-3H3,(H,19,20). The minimum Gasteiger partial charge on any atom is -0.381 e. The Labute approximate surface area is 126 Å². The highest BCUT2D eigenvalue weighted by molar-refractivity contribution is 6.21. The summed E-state index contributed by atoms with van der Waals surface area (Å²) in [5.41, 5.74) is 3.74. The molecule has 1 aliphatic heterocycles. The molecule has 0 atom stereocenters. The predicted octanol–water partition coefficient (Wildman–Crippen LogP) is 2.95. The van der Waals surface area contributed by atoms with E-state index in [2.05, 4.69) is 36.5 Å². The van der Waals surface area contributed by atoms with Gasteiger partial charge in [-0.25, -0.2) is 0 Å². The number of carbonyl (C=O) groups excluding carboxylic acids is 1. The summed E-state index contributed by atoms with van der Waals surface area (Å²) in [6, 6.07) is 6.22. The molecule has 1 fully saturated rings. The summed E-state index contributed by atoms with van der Waals surface area (Å²) in [6.45, 7) is 4.10. The van der Waals surface area contributed by atoms with Gasteiger partial charge >= 0.3 is 0 Å². The zero-order valence-corrected chi connectivity index (χ0v) is 13.0. The fourth-order valence-electron chi connectivity index (χ4n) is 3.37. The van der Waals surface area contributed by atoms with E-state index in [9.17, 15) is 4.79 Å². The third-order valence-corrected chi connectivity index (χ3v) is 4.73. The molecule has 3 rings (SSSR count). The molecule has 1 aromatic rings. The Bertz CT molecular complexity index is 595. The van der Waals surface area contributed by atoms with E-state index in [1.807, 2.05) is 6.92 Å². The summed E-state index contributed by atoms with van der Waals surface area (Å²) < 4.78 is 5.42. The van der Waals surface area contributed by atoms with Crippen LogP contribution in [-0.2, 0) is 9.53 Å². The molecule has 111 valence electrons. The summed E-state index contributed by atoms with van der Waals surface area (Å²) in [5.74, 6) is 0.0135. The van der Waals surface area contributed by atoms with Gasteiger partial charge in [-0.15, -0.1) is 0 Å². The number of ether oxygens (including phenoxy) is 1. The first-order valence-corrected chi connectivity index (χ1v) is 7.61. The average molecular weight is 284 g/mol. The lowest BCUT2D eigenvalue weighted by Gasteiger charge is -2.35. The Kier molecular flexibility index (Phi) is 3.62. The van der Waals surface area contributed by atoms with Crippen molar-refractivity contribution in [2.24, 2.45) is 0 Å². The van der Waals surface area contributed by atoms with Crippen molar-refractivity contribution < 1.29 is 9.53 Å².